The van der Waals surface area contributed by atoms with E-state index in [1.165, 1.54) is 12.1 Å². The molecule has 0 amide bonds. The normalized spacial score (nSPS) is 16.8. The average molecular weight is 419 g/mol. The van der Waals surface area contributed by atoms with Gasteiger partial charge in [-0.15, -0.1) is 0 Å². The highest BCUT2D eigenvalue weighted by molar-refractivity contribution is 5.85. The number of nitrogens with one attached hydrogen (secondary N) is 1. The third-order valence-corrected chi connectivity index (χ3v) is 5.62. The Bertz CT molecular complexity index is 1010. The van der Waals surface area contributed by atoms with Crippen molar-refractivity contribution in [2.24, 2.45) is 0 Å². The summed E-state index contributed by atoms with van der Waals surface area (Å²) >= 11 is 0. The molecule has 3 aromatic rings. The number of piperazine rings is 1. The SMILES string of the molecule is COc1ccc2[nH]cc([C@@H](O)CN3CCN(c4cccc(C(F)(F)F)c4)CC3)c2c1. The third kappa shape index (κ3) is 4.24. The van der Waals surface area contributed by atoms with Gasteiger partial charge in [0.05, 0.1) is 18.8 Å². The van der Waals surface area contributed by atoms with E-state index in [2.05, 4.69) is 9.88 Å². The molecule has 0 unspecified atom stereocenters. The summed E-state index contributed by atoms with van der Waals surface area (Å²) in [5.41, 5.74) is 1.68. The molecule has 0 bridgehead atoms. The number of ether oxygens (including phenoxy) is 1. The number of H-pyrrole nitrogens is 1. The number of halogens is 3. The lowest BCUT2D eigenvalue weighted by molar-refractivity contribution is -0.137. The second kappa shape index (κ2) is 8.20. The highest BCUT2D eigenvalue weighted by atomic mass is 19.4. The van der Waals surface area contributed by atoms with Gasteiger partial charge in [-0.2, -0.15) is 13.2 Å². The first-order valence-electron chi connectivity index (χ1n) is 9.83. The summed E-state index contributed by atoms with van der Waals surface area (Å²) in [6.45, 7) is 3.00. The minimum atomic E-state index is -4.34. The van der Waals surface area contributed by atoms with Gasteiger partial charge in [0.15, 0.2) is 0 Å². The van der Waals surface area contributed by atoms with Crippen LogP contribution in [0.5, 0.6) is 5.75 Å². The molecule has 0 aliphatic carbocycles. The lowest BCUT2D eigenvalue weighted by Gasteiger charge is -2.37. The van der Waals surface area contributed by atoms with Crippen molar-refractivity contribution in [3.8, 4) is 5.75 Å². The Morgan fingerprint density at radius 2 is 1.87 bits per heavy atom. The van der Waals surface area contributed by atoms with E-state index in [1.807, 2.05) is 29.3 Å². The zero-order chi connectivity index (χ0) is 21.3. The summed E-state index contributed by atoms with van der Waals surface area (Å²) in [4.78, 5) is 7.26. The minimum Gasteiger partial charge on any atom is -0.497 e. The van der Waals surface area contributed by atoms with Crippen molar-refractivity contribution in [2.75, 3.05) is 44.7 Å². The van der Waals surface area contributed by atoms with Crippen molar-refractivity contribution in [2.45, 2.75) is 12.3 Å². The number of nitrogens with zero attached hydrogens (tertiary/aromatic N) is 2. The van der Waals surface area contributed by atoms with Crippen LogP contribution in [0, 0.1) is 0 Å². The molecule has 30 heavy (non-hydrogen) atoms. The van der Waals surface area contributed by atoms with Crippen LogP contribution in [-0.2, 0) is 6.18 Å². The van der Waals surface area contributed by atoms with Crippen molar-refractivity contribution in [3.63, 3.8) is 0 Å². The van der Waals surface area contributed by atoms with Crippen LogP contribution in [0.4, 0.5) is 18.9 Å². The largest absolute Gasteiger partial charge is 0.497 e. The monoisotopic (exact) mass is 419 g/mol. The first-order valence-corrected chi connectivity index (χ1v) is 9.83. The number of hydrogen-bond acceptors (Lipinski definition) is 4. The maximum Gasteiger partial charge on any atom is 0.416 e. The maximum atomic E-state index is 13.0. The van der Waals surface area contributed by atoms with Gasteiger partial charge < -0.3 is 19.7 Å². The molecule has 1 fully saturated rings. The molecule has 1 aliphatic heterocycles. The standard InChI is InChI=1S/C22H24F3N3O2/c1-30-17-5-6-20-18(12-17)19(13-26-20)21(29)14-27-7-9-28(10-8-27)16-4-2-3-15(11-16)22(23,24)25/h2-6,11-13,21,26,29H,7-10,14H2,1H3/t21-/m0/s1. The van der Waals surface area contributed by atoms with Gasteiger partial charge in [0.25, 0.3) is 0 Å². The fourth-order valence-corrected chi connectivity index (χ4v) is 3.93. The summed E-state index contributed by atoms with van der Waals surface area (Å²) in [7, 11) is 1.60. The number of benzene rings is 2. The van der Waals surface area contributed by atoms with E-state index < -0.39 is 17.8 Å². The number of methoxy groups -OCH3 is 1. The Labute approximate surface area is 172 Å². The van der Waals surface area contributed by atoms with Crippen molar-refractivity contribution in [1.82, 2.24) is 9.88 Å². The summed E-state index contributed by atoms with van der Waals surface area (Å²) in [5.74, 6) is 0.727. The molecule has 0 spiro atoms. The molecule has 1 saturated heterocycles. The van der Waals surface area contributed by atoms with Gasteiger partial charge in [-0.05, 0) is 36.4 Å². The molecule has 1 aliphatic rings. The Morgan fingerprint density at radius 3 is 2.57 bits per heavy atom. The van der Waals surface area contributed by atoms with E-state index in [4.69, 9.17) is 4.74 Å². The van der Waals surface area contributed by atoms with Gasteiger partial charge in [0, 0.05) is 61.1 Å². The van der Waals surface area contributed by atoms with E-state index in [-0.39, 0.29) is 0 Å². The van der Waals surface area contributed by atoms with Crippen LogP contribution in [0.25, 0.3) is 10.9 Å². The molecule has 160 valence electrons. The zero-order valence-corrected chi connectivity index (χ0v) is 16.6. The molecule has 1 atom stereocenters. The molecular formula is C22H24F3N3O2. The highest BCUT2D eigenvalue weighted by Crippen LogP contribution is 2.32. The average Bonchev–Trinajstić information content (AvgIpc) is 3.17. The quantitative estimate of drug-likeness (QED) is 0.655. The van der Waals surface area contributed by atoms with Gasteiger partial charge in [0.1, 0.15) is 5.75 Å². The number of β-amino-alcohol motifs (C(OH)–C–C–N with tert-alkyl or cyclic N) is 1. The molecule has 0 radical (unpaired) electrons. The predicted molar refractivity (Wildman–Crippen MR) is 110 cm³/mol. The fraction of sp³-hybridized carbons (Fsp3) is 0.364. The van der Waals surface area contributed by atoms with Gasteiger partial charge >= 0.3 is 6.18 Å². The van der Waals surface area contributed by atoms with Gasteiger partial charge in [-0.3, -0.25) is 4.90 Å². The molecule has 1 aromatic heterocycles. The Kier molecular flexibility index (Phi) is 5.62. The summed E-state index contributed by atoms with van der Waals surface area (Å²) < 4.78 is 44.2. The summed E-state index contributed by atoms with van der Waals surface area (Å²) in [6.07, 6.45) is -3.21. The third-order valence-electron chi connectivity index (χ3n) is 5.62. The first kappa shape index (κ1) is 20.6. The molecular weight excluding hydrogens is 395 g/mol. The van der Waals surface area contributed by atoms with E-state index in [1.54, 1.807) is 13.2 Å². The number of rotatable bonds is 5. The minimum absolute atomic E-state index is 0.459. The van der Waals surface area contributed by atoms with Crippen LogP contribution in [-0.4, -0.2) is 54.8 Å². The molecule has 2 aromatic carbocycles. The van der Waals surface area contributed by atoms with Crippen molar-refractivity contribution in [1.29, 1.82) is 0 Å². The number of aliphatic hydroxyl groups excluding tert-OH is 1. The number of anilines is 1. The number of aromatic amines is 1. The number of alkyl halides is 3. The van der Waals surface area contributed by atoms with Gasteiger partial charge in [-0.25, -0.2) is 0 Å². The van der Waals surface area contributed by atoms with E-state index in [0.717, 1.165) is 28.3 Å². The number of hydrogen-bond donors (Lipinski definition) is 2. The molecule has 8 heteroatoms. The molecule has 0 saturated carbocycles. The summed E-state index contributed by atoms with van der Waals surface area (Å²) in [6, 6.07) is 11.1. The van der Waals surface area contributed by atoms with Crippen LogP contribution >= 0.6 is 0 Å². The second-order valence-corrected chi connectivity index (χ2v) is 7.51. The van der Waals surface area contributed by atoms with Crippen molar-refractivity contribution >= 4 is 16.6 Å². The first-order chi connectivity index (χ1) is 14.3. The highest BCUT2D eigenvalue weighted by Gasteiger charge is 2.31. The predicted octanol–water partition coefficient (Wildman–Crippen LogP) is 4.05. The van der Waals surface area contributed by atoms with E-state index in [9.17, 15) is 18.3 Å². The van der Waals surface area contributed by atoms with Crippen LogP contribution in [0.1, 0.15) is 17.2 Å². The van der Waals surface area contributed by atoms with Crippen LogP contribution in [0.2, 0.25) is 0 Å². The summed E-state index contributed by atoms with van der Waals surface area (Å²) in [5, 5.41) is 11.7. The second-order valence-electron chi connectivity index (χ2n) is 7.51. The molecule has 2 N–H and O–H groups in total. The van der Waals surface area contributed by atoms with Crippen molar-refractivity contribution in [3.05, 3.63) is 59.8 Å². The van der Waals surface area contributed by atoms with E-state index in [0.29, 0.717) is 38.4 Å². The number of aromatic nitrogens is 1. The van der Waals surface area contributed by atoms with Crippen LogP contribution < -0.4 is 9.64 Å². The fourth-order valence-electron chi connectivity index (χ4n) is 3.93. The molecule has 4 rings (SSSR count). The molecule has 5 nitrogen and oxygen atoms in total. The Morgan fingerprint density at radius 1 is 1.10 bits per heavy atom. The maximum absolute atomic E-state index is 13.0. The number of fused-ring (bicyclic) bond motifs is 1. The van der Waals surface area contributed by atoms with Crippen molar-refractivity contribution < 1.29 is 23.0 Å². The lowest BCUT2D eigenvalue weighted by atomic mass is 10.1. The van der Waals surface area contributed by atoms with Gasteiger partial charge in [-0.1, -0.05) is 6.07 Å². The smallest absolute Gasteiger partial charge is 0.416 e. The van der Waals surface area contributed by atoms with E-state index >= 15 is 0 Å². The Balaban J connectivity index is 1.39. The molecule has 2 heterocycles. The zero-order valence-electron chi connectivity index (χ0n) is 16.6. The van der Waals surface area contributed by atoms with Gasteiger partial charge in [0.2, 0.25) is 0 Å². The topological polar surface area (TPSA) is 51.7 Å². The Hall–Kier alpha value is -2.71. The number of aliphatic hydroxyl groups is 1. The van der Waals surface area contributed by atoms with Crippen LogP contribution in [0.3, 0.4) is 0 Å². The van der Waals surface area contributed by atoms with Crippen LogP contribution in [0.15, 0.2) is 48.7 Å². The lowest BCUT2D eigenvalue weighted by Crippen LogP contribution is -2.47.